The van der Waals surface area contributed by atoms with Gasteiger partial charge in [-0.25, -0.2) is 4.98 Å². The van der Waals surface area contributed by atoms with Gasteiger partial charge in [0.2, 0.25) is 5.16 Å². The number of nitrogens with zero attached hydrogens (tertiary/aromatic N) is 4. The van der Waals surface area contributed by atoms with Crippen LogP contribution in [-0.2, 0) is 6.61 Å². The predicted molar refractivity (Wildman–Crippen MR) is 76.3 cm³/mol. The minimum atomic E-state index is -0.126. The molecule has 0 aromatic carbocycles. The minimum absolute atomic E-state index is 0.126. The first-order valence-electron chi connectivity index (χ1n) is 5.00. The highest BCUT2D eigenvalue weighted by Crippen LogP contribution is 2.25. The van der Waals surface area contributed by atoms with E-state index in [-0.39, 0.29) is 5.24 Å². The molecule has 2 aromatic rings. The third-order valence-corrected chi connectivity index (χ3v) is 4.53. The number of amides is 1. The van der Waals surface area contributed by atoms with Gasteiger partial charge < -0.3 is 9.64 Å². The molecular weight excluding hydrogens is 328 g/mol. The first kappa shape index (κ1) is 14.5. The molecule has 10 heteroatoms. The molecule has 19 heavy (non-hydrogen) atoms. The van der Waals surface area contributed by atoms with Crippen LogP contribution in [0, 0.1) is 0 Å². The zero-order valence-electron chi connectivity index (χ0n) is 9.99. The fourth-order valence-corrected chi connectivity index (χ4v) is 3.06. The quantitative estimate of drug-likeness (QED) is 0.799. The van der Waals surface area contributed by atoms with Crippen molar-refractivity contribution >= 4 is 51.5 Å². The fraction of sp³-hybridized carbons (Fsp3) is 0.333. The lowest BCUT2D eigenvalue weighted by Gasteiger charge is -2.06. The first-order chi connectivity index (χ1) is 9.04. The van der Waals surface area contributed by atoms with E-state index in [4.69, 9.17) is 16.3 Å². The summed E-state index contributed by atoms with van der Waals surface area (Å²) in [6, 6.07) is 0. The van der Waals surface area contributed by atoms with E-state index in [1.165, 1.54) is 16.2 Å². The molecule has 2 aromatic heterocycles. The summed E-state index contributed by atoms with van der Waals surface area (Å²) >= 11 is 9.13. The molecule has 2 heterocycles. The molecule has 0 aliphatic rings. The molecule has 6 nitrogen and oxygen atoms in total. The van der Waals surface area contributed by atoms with Gasteiger partial charge in [-0.3, -0.25) is 4.79 Å². The summed E-state index contributed by atoms with van der Waals surface area (Å²) in [5.74, 6) is 0. The van der Waals surface area contributed by atoms with Crippen molar-refractivity contribution in [2.24, 2.45) is 0 Å². The highest BCUT2D eigenvalue weighted by atomic mass is 35.5. The number of ether oxygens (including phenoxy) is 1. The van der Waals surface area contributed by atoms with Crippen molar-refractivity contribution in [3.63, 3.8) is 0 Å². The number of rotatable bonds is 4. The second-order valence-electron chi connectivity index (χ2n) is 3.47. The van der Waals surface area contributed by atoms with Crippen molar-refractivity contribution in [2.75, 3.05) is 14.1 Å². The fourth-order valence-electron chi connectivity index (χ4n) is 0.950. The number of aromatic nitrogens is 3. The number of hydrogen-bond donors (Lipinski definition) is 0. The Kier molecular flexibility index (Phi) is 4.97. The third kappa shape index (κ3) is 4.30. The Labute approximate surface area is 126 Å². The maximum Gasteiger partial charge on any atom is 0.294 e. The predicted octanol–water partition coefficient (Wildman–Crippen LogP) is 3.00. The van der Waals surface area contributed by atoms with Crippen molar-refractivity contribution in [3.05, 3.63) is 15.5 Å². The molecule has 0 saturated heterocycles. The summed E-state index contributed by atoms with van der Waals surface area (Å²) in [5, 5.41) is 0.679. The van der Waals surface area contributed by atoms with Crippen LogP contribution in [0.25, 0.3) is 0 Å². The smallest absolute Gasteiger partial charge is 0.294 e. The number of carbonyl (C=O) groups is 1. The molecule has 0 fully saturated rings. The summed E-state index contributed by atoms with van der Waals surface area (Å²) in [4.78, 5) is 21.8. The maximum absolute atomic E-state index is 11.5. The Hall–Kier alpha value is -0.900. The van der Waals surface area contributed by atoms with Crippen LogP contribution in [0.3, 0.4) is 0 Å². The molecule has 0 aliphatic heterocycles. The monoisotopic (exact) mass is 336 g/mol. The molecular formula is C9H9ClN4O2S3. The van der Waals surface area contributed by atoms with E-state index in [1.807, 2.05) is 0 Å². The number of hydrogen-bond acceptors (Lipinski definition) is 8. The second kappa shape index (κ2) is 6.51. The second-order valence-corrected chi connectivity index (χ2v) is 6.80. The summed E-state index contributed by atoms with van der Waals surface area (Å²) in [7, 11) is 3.35. The van der Waals surface area contributed by atoms with Crippen molar-refractivity contribution < 1.29 is 9.53 Å². The van der Waals surface area contributed by atoms with E-state index in [2.05, 4.69) is 14.3 Å². The van der Waals surface area contributed by atoms with E-state index in [9.17, 15) is 4.79 Å². The van der Waals surface area contributed by atoms with Crippen LogP contribution in [0.4, 0.5) is 4.79 Å². The Morgan fingerprint density at radius 1 is 1.58 bits per heavy atom. The van der Waals surface area contributed by atoms with Gasteiger partial charge >= 0.3 is 0 Å². The van der Waals surface area contributed by atoms with Crippen LogP contribution in [0.15, 0.2) is 11.4 Å². The number of halogens is 1. The van der Waals surface area contributed by atoms with E-state index in [0.29, 0.717) is 21.4 Å². The van der Waals surface area contributed by atoms with Crippen LogP contribution in [-0.4, -0.2) is 38.6 Å². The largest absolute Gasteiger partial charge is 0.463 e. The van der Waals surface area contributed by atoms with Crippen LogP contribution >= 0.6 is 46.2 Å². The minimum Gasteiger partial charge on any atom is -0.463 e. The molecule has 0 bridgehead atoms. The normalized spacial score (nSPS) is 10.5. The van der Waals surface area contributed by atoms with Gasteiger partial charge in [-0.2, -0.15) is 9.36 Å². The van der Waals surface area contributed by atoms with E-state index >= 15 is 0 Å². The lowest BCUT2D eigenvalue weighted by Crippen LogP contribution is -2.16. The van der Waals surface area contributed by atoms with Gasteiger partial charge in [0, 0.05) is 43.6 Å². The van der Waals surface area contributed by atoms with E-state index < -0.39 is 0 Å². The van der Waals surface area contributed by atoms with Gasteiger partial charge in [-0.15, -0.1) is 11.3 Å². The topological polar surface area (TPSA) is 68.2 Å². The zero-order valence-corrected chi connectivity index (χ0v) is 13.2. The lowest BCUT2D eigenvalue weighted by atomic mass is 10.6. The Morgan fingerprint density at radius 2 is 2.37 bits per heavy atom. The molecule has 0 N–H and O–H groups in total. The maximum atomic E-state index is 11.5. The molecule has 0 aliphatic carbocycles. The van der Waals surface area contributed by atoms with Gasteiger partial charge in [0.25, 0.3) is 10.4 Å². The Morgan fingerprint density at radius 3 is 3.00 bits per heavy atom. The Balaban J connectivity index is 1.88. The molecule has 0 saturated carbocycles. The highest BCUT2D eigenvalue weighted by Gasteiger charge is 2.13. The summed E-state index contributed by atoms with van der Waals surface area (Å²) in [6.07, 6.45) is 1.65. The number of thioether (sulfide) groups is 1. The standard InChI is InChI=1S/C9H9ClN4O2S3/c1-14(2)9(15)18-7-12-8(19-13-7)16-4-5-3-11-6(10)17-5/h3H,4H2,1-2H3. The van der Waals surface area contributed by atoms with E-state index in [0.717, 1.165) is 28.2 Å². The number of thiazole rings is 1. The molecule has 102 valence electrons. The SMILES string of the molecule is CN(C)C(=O)Sc1nsc(OCc2cnc(Cl)s2)n1. The van der Waals surface area contributed by atoms with Crippen LogP contribution < -0.4 is 4.74 Å². The summed E-state index contributed by atoms with van der Waals surface area (Å²) < 4.78 is 9.96. The highest BCUT2D eigenvalue weighted by molar-refractivity contribution is 8.13. The molecule has 0 spiro atoms. The van der Waals surface area contributed by atoms with Crippen molar-refractivity contribution in [3.8, 4) is 5.19 Å². The number of carbonyl (C=O) groups excluding carboxylic acids is 1. The summed E-state index contributed by atoms with van der Waals surface area (Å²) in [5.41, 5.74) is 0. The molecule has 1 amide bonds. The van der Waals surface area contributed by atoms with E-state index in [1.54, 1.807) is 20.3 Å². The van der Waals surface area contributed by atoms with Gasteiger partial charge in [0.15, 0.2) is 4.47 Å². The molecule has 0 radical (unpaired) electrons. The third-order valence-electron chi connectivity index (χ3n) is 1.80. The van der Waals surface area contributed by atoms with Crippen molar-refractivity contribution in [1.29, 1.82) is 0 Å². The van der Waals surface area contributed by atoms with Crippen LogP contribution in [0.5, 0.6) is 5.19 Å². The molecule has 0 unspecified atom stereocenters. The van der Waals surface area contributed by atoms with Crippen molar-refractivity contribution in [1.82, 2.24) is 19.2 Å². The average molecular weight is 337 g/mol. The van der Waals surface area contributed by atoms with Crippen LogP contribution in [0.2, 0.25) is 4.47 Å². The first-order valence-corrected chi connectivity index (χ1v) is 7.79. The summed E-state index contributed by atoms with van der Waals surface area (Å²) in [6.45, 7) is 0.339. The lowest BCUT2D eigenvalue weighted by molar-refractivity contribution is 0.241. The Bertz CT molecular complexity index is 571. The van der Waals surface area contributed by atoms with Gasteiger partial charge in [0.05, 0.1) is 4.88 Å². The average Bonchev–Trinajstić information content (AvgIpc) is 2.95. The van der Waals surface area contributed by atoms with Gasteiger partial charge in [0.1, 0.15) is 6.61 Å². The van der Waals surface area contributed by atoms with Crippen molar-refractivity contribution in [2.45, 2.75) is 11.8 Å². The molecule has 0 atom stereocenters. The van der Waals surface area contributed by atoms with Gasteiger partial charge in [-0.05, 0) is 0 Å². The van der Waals surface area contributed by atoms with Gasteiger partial charge in [-0.1, -0.05) is 11.6 Å². The van der Waals surface area contributed by atoms with Crippen LogP contribution in [0.1, 0.15) is 4.88 Å². The zero-order chi connectivity index (χ0) is 13.8. The molecule has 2 rings (SSSR count).